The summed E-state index contributed by atoms with van der Waals surface area (Å²) in [5.74, 6) is 0.861. The Balaban J connectivity index is 2.45. The summed E-state index contributed by atoms with van der Waals surface area (Å²) in [7, 11) is 0. The molecule has 0 saturated carbocycles. The molecule has 3 N–H and O–H groups in total. The molecule has 0 radical (unpaired) electrons. The number of hydrogen-bond acceptors (Lipinski definition) is 4. The Morgan fingerprint density at radius 2 is 2.47 bits per heavy atom. The van der Waals surface area contributed by atoms with Crippen molar-refractivity contribution in [1.29, 1.82) is 0 Å². The second kappa shape index (κ2) is 5.72. The molecule has 15 heavy (non-hydrogen) atoms. The average Bonchev–Trinajstić information content (AvgIpc) is 2.65. The topological polar surface area (TPSA) is 64.4 Å². The third kappa shape index (κ3) is 3.36. The molecule has 1 rings (SSSR count). The molecule has 0 bridgehead atoms. The molecule has 4 nitrogen and oxygen atoms in total. The molecule has 1 aliphatic heterocycles. The third-order valence-corrected chi connectivity index (χ3v) is 3.44. The van der Waals surface area contributed by atoms with E-state index in [1.54, 1.807) is 11.8 Å². The largest absolute Gasteiger partial charge is 0.379 e. The number of carbonyl (C=O) groups is 1. The van der Waals surface area contributed by atoms with Gasteiger partial charge in [0.05, 0.1) is 6.61 Å². The number of ether oxygens (including phenoxy) is 1. The predicted octanol–water partition coefficient (Wildman–Crippen LogP) is 0.362. The Hall–Kier alpha value is -0.260. The zero-order valence-corrected chi connectivity index (χ0v) is 10.2. The van der Waals surface area contributed by atoms with Crippen LogP contribution >= 0.6 is 11.8 Å². The lowest BCUT2D eigenvalue weighted by atomic mass is 9.99. The van der Waals surface area contributed by atoms with Crippen LogP contribution in [0.1, 0.15) is 19.8 Å². The highest BCUT2D eigenvalue weighted by Crippen LogP contribution is 2.16. The summed E-state index contributed by atoms with van der Waals surface area (Å²) in [6.07, 6.45) is 3.59. The van der Waals surface area contributed by atoms with Gasteiger partial charge in [-0.1, -0.05) is 6.92 Å². The van der Waals surface area contributed by atoms with Gasteiger partial charge in [-0.3, -0.25) is 4.79 Å². The normalized spacial score (nSPS) is 27.7. The molecule has 1 fully saturated rings. The Kier molecular flexibility index (Phi) is 4.89. The van der Waals surface area contributed by atoms with E-state index in [9.17, 15) is 4.79 Å². The van der Waals surface area contributed by atoms with E-state index in [2.05, 4.69) is 12.2 Å². The van der Waals surface area contributed by atoms with Gasteiger partial charge in [0.2, 0.25) is 5.91 Å². The van der Waals surface area contributed by atoms with Crippen LogP contribution in [0.4, 0.5) is 0 Å². The summed E-state index contributed by atoms with van der Waals surface area (Å²) < 4.78 is 5.17. The van der Waals surface area contributed by atoms with Crippen molar-refractivity contribution in [2.45, 2.75) is 31.3 Å². The van der Waals surface area contributed by atoms with E-state index < -0.39 is 5.54 Å². The highest BCUT2D eigenvalue weighted by molar-refractivity contribution is 7.98. The van der Waals surface area contributed by atoms with E-state index >= 15 is 0 Å². The van der Waals surface area contributed by atoms with Crippen molar-refractivity contribution in [2.24, 2.45) is 5.73 Å². The Morgan fingerprint density at radius 1 is 1.73 bits per heavy atom. The first-order valence-electron chi connectivity index (χ1n) is 5.29. The lowest BCUT2D eigenvalue weighted by Gasteiger charge is -2.24. The van der Waals surface area contributed by atoms with Crippen molar-refractivity contribution >= 4 is 17.7 Å². The fraction of sp³-hybridized carbons (Fsp3) is 0.900. The number of carbonyl (C=O) groups excluding carboxylic acids is 1. The van der Waals surface area contributed by atoms with Crippen LogP contribution in [0.15, 0.2) is 0 Å². The van der Waals surface area contributed by atoms with Gasteiger partial charge in [0.1, 0.15) is 5.54 Å². The van der Waals surface area contributed by atoms with E-state index in [-0.39, 0.29) is 11.9 Å². The minimum absolute atomic E-state index is 0.0686. The average molecular weight is 232 g/mol. The van der Waals surface area contributed by atoms with Crippen molar-refractivity contribution in [3.63, 3.8) is 0 Å². The van der Waals surface area contributed by atoms with Crippen molar-refractivity contribution in [2.75, 3.05) is 25.2 Å². The van der Waals surface area contributed by atoms with Crippen molar-refractivity contribution in [3.05, 3.63) is 0 Å². The summed E-state index contributed by atoms with van der Waals surface area (Å²) in [5, 5.41) is 2.99. The number of nitrogens with two attached hydrogens (primary N) is 1. The van der Waals surface area contributed by atoms with Gasteiger partial charge in [-0.05, 0) is 19.1 Å². The first kappa shape index (κ1) is 12.8. The summed E-state index contributed by atoms with van der Waals surface area (Å²) in [5.41, 5.74) is 5.16. The minimum atomic E-state index is -0.800. The van der Waals surface area contributed by atoms with Gasteiger partial charge < -0.3 is 15.8 Å². The molecule has 0 aromatic rings. The molecule has 0 aromatic heterocycles. The third-order valence-electron chi connectivity index (χ3n) is 2.70. The maximum atomic E-state index is 11.9. The smallest absolute Gasteiger partial charge is 0.242 e. The fourth-order valence-electron chi connectivity index (χ4n) is 1.55. The second-order valence-electron chi connectivity index (χ2n) is 3.99. The maximum absolute atomic E-state index is 11.9. The molecule has 0 aromatic carbocycles. The summed E-state index contributed by atoms with van der Waals surface area (Å²) in [6, 6.07) is 0.216. The van der Waals surface area contributed by atoms with Crippen LogP contribution in [-0.2, 0) is 9.53 Å². The van der Waals surface area contributed by atoms with Gasteiger partial charge in [0.25, 0.3) is 0 Å². The predicted molar refractivity (Wildman–Crippen MR) is 63.0 cm³/mol. The lowest BCUT2D eigenvalue weighted by Crippen LogP contribution is -2.57. The minimum Gasteiger partial charge on any atom is -0.379 e. The van der Waals surface area contributed by atoms with Gasteiger partial charge >= 0.3 is 0 Å². The molecule has 1 aliphatic rings. The van der Waals surface area contributed by atoms with E-state index in [1.165, 1.54) is 0 Å². The van der Waals surface area contributed by atoms with Crippen LogP contribution in [-0.4, -0.2) is 42.7 Å². The molecule has 1 saturated heterocycles. The van der Waals surface area contributed by atoms with Gasteiger partial charge in [0, 0.05) is 18.4 Å². The number of hydrogen-bond donors (Lipinski definition) is 2. The molecular formula is C10H20N2O2S. The molecular weight excluding hydrogens is 212 g/mol. The zero-order chi connectivity index (χ0) is 11.3. The Morgan fingerprint density at radius 3 is 2.93 bits per heavy atom. The summed E-state index contributed by atoms with van der Waals surface area (Å²) >= 11 is 1.73. The van der Waals surface area contributed by atoms with Gasteiger partial charge in [0.15, 0.2) is 0 Å². The first-order chi connectivity index (χ1) is 7.12. The summed E-state index contributed by atoms with van der Waals surface area (Å²) in [6.45, 7) is 2.99. The van der Waals surface area contributed by atoms with Crippen molar-refractivity contribution in [3.8, 4) is 0 Å². The number of rotatable bonds is 5. The van der Waals surface area contributed by atoms with E-state index in [4.69, 9.17) is 10.5 Å². The standard InChI is InChI=1S/C10H20N2O2S/c1-3-8(6-15-2)12-9(13)10(11)4-5-14-7-10/h8H,3-7,11H2,1-2H3,(H,12,13). The number of amides is 1. The monoisotopic (exact) mass is 232 g/mol. The molecule has 5 heteroatoms. The Bertz CT molecular complexity index is 217. The fourth-order valence-corrected chi connectivity index (χ4v) is 2.27. The molecule has 2 unspecified atom stereocenters. The number of thioether (sulfide) groups is 1. The highest BCUT2D eigenvalue weighted by atomic mass is 32.2. The summed E-state index contributed by atoms with van der Waals surface area (Å²) in [4.78, 5) is 11.9. The molecule has 88 valence electrons. The second-order valence-corrected chi connectivity index (χ2v) is 4.90. The first-order valence-corrected chi connectivity index (χ1v) is 6.68. The van der Waals surface area contributed by atoms with E-state index in [0.717, 1.165) is 12.2 Å². The van der Waals surface area contributed by atoms with Crippen LogP contribution < -0.4 is 11.1 Å². The SMILES string of the molecule is CCC(CSC)NC(=O)C1(N)CCOC1. The van der Waals surface area contributed by atoms with Crippen molar-refractivity contribution in [1.82, 2.24) is 5.32 Å². The molecule has 0 aliphatic carbocycles. The highest BCUT2D eigenvalue weighted by Gasteiger charge is 2.38. The van der Waals surface area contributed by atoms with Crippen LogP contribution in [0.5, 0.6) is 0 Å². The van der Waals surface area contributed by atoms with Crippen LogP contribution in [0.3, 0.4) is 0 Å². The molecule has 1 heterocycles. The Labute approximate surface area is 95.3 Å². The molecule has 0 spiro atoms. The lowest BCUT2D eigenvalue weighted by molar-refractivity contribution is -0.126. The maximum Gasteiger partial charge on any atom is 0.242 e. The zero-order valence-electron chi connectivity index (χ0n) is 9.41. The van der Waals surface area contributed by atoms with Crippen molar-refractivity contribution < 1.29 is 9.53 Å². The molecule has 1 amide bonds. The van der Waals surface area contributed by atoms with Gasteiger partial charge in [-0.2, -0.15) is 11.8 Å². The number of nitrogens with one attached hydrogen (secondary N) is 1. The molecule has 2 atom stereocenters. The van der Waals surface area contributed by atoms with Gasteiger partial charge in [-0.25, -0.2) is 0 Å². The quantitative estimate of drug-likeness (QED) is 0.718. The van der Waals surface area contributed by atoms with E-state index in [1.807, 2.05) is 6.26 Å². The van der Waals surface area contributed by atoms with Crippen LogP contribution in [0.25, 0.3) is 0 Å². The van der Waals surface area contributed by atoms with Gasteiger partial charge in [-0.15, -0.1) is 0 Å². The van der Waals surface area contributed by atoms with Crippen LogP contribution in [0, 0.1) is 0 Å². The van der Waals surface area contributed by atoms with Crippen LogP contribution in [0.2, 0.25) is 0 Å². The van der Waals surface area contributed by atoms with E-state index in [0.29, 0.717) is 19.6 Å².